The summed E-state index contributed by atoms with van der Waals surface area (Å²) in [4.78, 5) is 9.63. The van der Waals surface area contributed by atoms with Gasteiger partial charge in [0, 0.05) is 23.9 Å². The van der Waals surface area contributed by atoms with Crippen molar-refractivity contribution < 1.29 is 0 Å². The van der Waals surface area contributed by atoms with Crippen LogP contribution in [0.2, 0.25) is 0 Å². The van der Waals surface area contributed by atoms with Gasteiger partial charge in [0.2, 0.25) is 0 Å². The zero-order valence-electron chi connectivity index (χ0n) is 10.1. The molecule has 2 rings (SSSR count). The van der Waals surface area contributed by atoms with Crippen LogP contribution in [0.25, 0.3) is 0 Å². The summed E-state index contributed by atoms with van der Waals surface area (Å²) in [6.07, 6.45) is 3.35. The van der Waals surface area contributed by atoms with Crippen LogP contribution < -0.4 is 5.73 Å². The van der Waals surface area contributed by atoms with Crippen LogP contribution in [0.15, 0.2) is 11.8 Å². The van der Waals surface area contributed by atoms with E-state index in [2.05, 4.69) is 22.0 Å². The van der Waals surface area contributed by atoms with Crippen LogP contribution in [0, 0.1) is 6.92 Å². The molecule has 0 amide bonds. The standard InChI is InChI=1S/C11H17N5S/c1-3-4-16-10(13-6-15-16)5-9(12)11-8(2)14-7-17-11/h6-7,9H,3-5,12H2,1-2H3. The fourth-order valence-electron chi connectivity index (χ4n) is 1.80. The van der Waals surface area contributed by atoms with Crippen LogP contribution in [-0.2, 0) is 13.0 Å². The molecule has 0 aliphatic carbocycles. The Morgan fingerprint density at radius 1 is 1.47 bits per heavy atom. The molecular formula is C11H17N5S. The zero-order valence-corrected chi connectivity index (χ0v) is 10.9. The monoisotopic (exact) mass is 251 g/mol. The molecule has 0 bridgehead atoms. The first kappa shape index (κ1) is 12.2. The lowest BCUT2D eigenvalue weighted by Crippen LogP contribution is -2.17. The van der Waals surface area contributed by atoms with Gasteiger partial charge in [0.05, 0.1) is 11.2 Å². The highest BCUT2D eigenvalue weighted by Crippen LogP contribution is 2.22. The molecular weight excluding hydrogens is 234 g/mol. The Balaban J connectivity index is 2.10. The zero-order chi connectivity index (χ0) is 12.3. The van der Waals surface area contributed by atoms with Crippen molar-refractivity contribution in [3.63, 3.8) is 0 Å². The summed E-state index contributed by atoms with van der Waals surface area (Å²) in [7, 11) is 0. The van der Waals surface area contributed by atoms with Crippen molar-refractivity contribution in [2.24, 2.45) is 5.73 Å². The van der Waals surface area contributed by atoms with Gasteiger partial charge in [-0.25, -0.2) is 9.97 Å². The molecule has 1 unspecified atom stereocenters. The smallest absolute Gasteiger partial charge is 0.138 e. The average Bonchev–Trinajstić information content (AvgIpc) is 2.89. The van der Waals surface area contributed by atoms with Gasteiger partial charge in [-0.2, -0.15) is 5.10 Å². The highest BCUT2D eigenvalue weighted by atomic mass is 32.1. The van der Waals surface area contributed by atoms with Crippen molar-refractivity contribution >= 4 is 11.3 Å². The van der Waals surface area contributed by atoms with Crippen LogP contribution in [0.5, 0.6) is 0 Å². The Bertz CT molecular complexity index is 476. The molecule has 2 N–H and O–H groups in total. The molecule has 0 radical (unpaired) electrons. The van der Waals surface area contributed by atoms with Gasteiger partial charge < -0.3 is 5.73 Å². The van der Waals surface area contributed by atoms with Crippen molar-refractivity contribution in [1.82, 2.24) is 19.7 Å². The highest BCUT2D eigenvalue weighted by molar-refractivity contribution is 7.09. The Morgan fingerprint density at radius 3 is 2.94 bits per heavy atom. The Morgan fingerprint density at radius 2 is 2.29 bits per heavy atom. The maximum atomic E-state index is 6.19. The van der Waals surface area contributed by atoms with E-state index in [9.17, 15) is 0 Å². The molecule has 92 valence electrons. The number of aryl methyl sites for hydroxylation is 2. The van der Waals surface area contributed by atoms with Crippen molar-refractivity contribution in [2.45, 2.75) is 39.3 Å². The summed E-state index contributed by atoms with van der Waals surface area (Å²) in [5, 5.41) is 4.20. The molecule has 0 saturated heterocycles. The van der Waals surface area contributed by atoms with E-state index in [1.807, 2.05) is 17.1 Å². The van der Waals surface area contributed by atoms with Gasteiger partial charge in [-0.05, 0) is 13.3 Å². The van der Waals surface area contributed by atoms with Crippen LogP contribution in [0.3, 0.4) is 0 Å². The largest absolute Gasteiger partial charge is 0.323 e. The van der Waals surface area contributed by atoms with Crippen molar-refractivity contribution in [3.05, 3.63) is 28.2 Å². The number of thiazole rings is 1. The predicted molar refractivity (Wildman–Crippen MR) is 67.8 cm³/mol. The SMILES string of the molecule is CCCn1ncnc1CC(N)c1scnc1C. The third-order valence-electron chi connectivity index (χ3n) is 2.65. The van der Waals surface area contributed by atoms with Crippen molar-refractivity contribution in [3.8, 4) is 0 Å². The van der Waals surface area contributed by atoms with Gasteiger partial charge in [-0.1, -0.05) is 6.92 Å². The molecule has 0 aliphatic heterocycles. The quantitative estimate of drug-likeness (QED) is 0.878. The Hall–Kier alpha value is -1.27. The number of hydrogen-bond donors (Lipinski definition) is 1. The van der Waals surface area contributed by atoms with Gasteiger partial charge in [0.25, 0.3) is 0 Å². The first-order valence-electron chi connectivity index (χ1n) is 5.74. The second-order valence-electron chi connectivity index (χ2n) is 4.01. The Kier molecular flexibility index (Phi) is 3.86. The molecule has 6 heteroatoms. The molecule has 0 aliphatic rings. The molecule has 2 aromatic rings. The average molecular weight is 251 g/mol. The molecule has 5 nitrogen and oxygen atoms in total. The van der Waals surface area contributed by atoms with E-state index in [4.69, 9.17) is 5.73 Å². The first-order valence-corrected chi connectivity index (χ1v) is 6.62. The number of nitrogens with two attached hydrogens (primary N) is 1. The van der Waals surface area contributed by atoms with E-state index in [-0.39, 0.29) is 6.04 Å². The second kappa shape index (κ2) is 5.37. The van der Waals surface area contributed by atoms with Crippen molar-refractivity contribution in [1.29, 1.82) is 0 Å². The first-order chi connectivity index (χ1) is 8.22. The summed E-state index contributed by atoms with van der Waals surface area (Å²) in [6, 6.07) is -0.0395. The maximum absolute atomic E-state index is 6.19. The topological polar surface area (TPSA) is 69.6 Å². The minimum Gasteiger partial charge on any atom is -0.323 e. The summed E-state index contributed by atoms with van der Waals surface area (Å²) < 4.78 is 1.93. The third kappa shape index (κ3) is 2.70. The molecule has 2 heterocycles. The fourth-order valence-corrected chi connectivity index (χ4v) is 2.61. The third-order valence-corrected chi connectivity index (χ3v) is 3.72. The van der Waals surface area contributed by atoms with E-state index in [0.717, 1.165) is 29.4 Å². The lowest BCUT2D eigenvalue weighted by Gasteiger charge is -2.10. The van der Waals surface area contributed by atoms with Gasteiger partial charge in [-0.3, -0.25) is 4.68 Å². The maximum Gasteiger partial charge on any atom is 0.138 e. The highest BCUT2D eigenvalue weighted by Gasteiger charge is 2.15. The van der Waals surface area contributed by atoms with E-state index in [1.165, 1.54) is 0 Å². The number of hydrogen-bond acceptors (Lipinski definition) is 5. The normalized spacial score (nSPS) is 12.9. The van der Waals surface area contributed by atoms with Gasteiger partial charge in [0.1, 0.15) is 12.2 Å². The number of rotatable bonds is 5. The van der Waals surface area contributed by atoms with Crippen LogP contribution in [-0.4, -0.2) is 19.7 Å². The molecule has 0 spiro atoms. The van der Waals surface area contributed by atoms with Crippen LogP contribution in [0.4, 0.5) is 0 Å². The fraction of sp³-hybridized carbons (Fsp3) is 0.545. The van der Waals surface area contributed by atoms with Crippen LogP contribution in [0.1, 0.15) is 35.8 Å². The van der Waals surface area contributed by atoms with E-state index >= 15 is 0 Å². The molecule has 17 heavy (non-hydrogen) atoms. The van der Waals surface area contributed by atoms with E-state index in [1.54, 1.807) is 17.7 Å². The van der Waals surface area contributed by atoms with E-state index in [0.29, 0.717) is 6.42 Å². The lowest BCUT2D eigenvalue weighted by atomic mass is 10.1. The molecule has 0 saturated carbocycles. The lowest BCUT2D eigenvalue weighted by molar-refractivity contribution is 0.549. The predicted octanol–water partition coefficient (Wildman–Crippen LogP) is 1.70. The minimum atomic E-state index is -0.0395. The second-order valence-corrected chi connectivity index (χ2v) is 4.90. The van der Waals surface area contributed by atoms with Gasteiger partial charge in [0.15, 0.2) is 0 Å². The summed E-state index contributed by atoms with van der Waals surface area (Å²) in [5.74, 6) is 0.951. The number of aromatic nitrogens is 4. The van der Waals surface area contributed by atoms with E-state index < -0.39 is 0 Å². The Labute approximate surface area is 105 Å². The summed E-state index contributed by atoms with van der Waals surface area (Å²) in [6.45, 7) is 5.00. The summed E-state index contributed by atoms with van der Waals surface area (Å²) in [5.41, 5.74) is 9.04. The molecule has 0 fully saturated rings. The summed E-state index contributed by atoms with van der Waals surface area (Å²) >= 11 is 1.61. The van der Waals surface area contributed by atoms with Crippen molar-refractivity contribution in [2.75, 3.05) is 0 Å². The molecule has 2 aromatic heterocycles. The van der Waals surface area contributed by atoms with Gasteiger partial charge >= 0.3 is 0 Å². The molecule has 1 atom stereocenters. The number of nitrogens with zero attached hydrogens (tertiary/aromatic N) is 4. The molecule has 0 aromatic carbocycles. The minimum absolute atomic E-state index is 0.0395. The van der Waals surface area contributed by atoms with Gasteiger partial charge in [-0.15, -0.1) is 11.3 Å². The van der Waals surface area contributed by atoms with Crippen LogP contribution >= 0.6 is 11.3 Å².